The molecule has 0 spiro atoms. The lowest BCUT2D eigenvalue weighted by atomic mass is 9.76. The first kappa shape index (κ1) is 27.2. The Labute approximate surface area is 194 Å². The minimum atomic E-state index is -2.01. The number of hydrogen-bond acceptors (Lipinski definition) is 7. The summed E-state index contributed by atoms with van der Waals surface area (Å²) in [7, 11) is 1.23. The Kier molecular flexibility index (Phi) is 8.59. The maximum atomic E-state index is 6.52. The monoisotopic (exact) mass is 470 g/mol. The van der Waals surface area contributed by atoms with Crippen molar-refractivity contribution < 1.29 is 33.1 Å². The highest BCUT2D eigenvalue weighted by Gasteiger charge is 2.73. The van der Waals surface area contributed by atoms with Crippen molar-refractivity contribution in [2.45, 2.75) is 71.2 Å². The van der Waals surface area contributed by atoms with E-state index < -0.39 is 25.3 Å². The molecule has 1 aromatic carbocycles. The highest BCUT2D eigenvalue weighted by molar-refractivity contribution is 6.74. The maximum Gasteiger partial charge on any atom is 0.285 e. The Bertz CT molecular complexity index is 737. The predicted molar refractivity (Wildman–Crippen MR) is 126 cm³/mol. The van der Waals surface area contributed by atoms with E-state index in [0.717, 1.165) is 11.3 Å². The topological polar surface area (TPSA) is 64.6 Å². The lowest BCUT2D eigenvalue weighted by molar-refractivity contribution is -0.685. The fraction of sp³-hybridized carbons (Fsp3) is 0.750. The van der Waals surface area contributed by atoms with Crippen LogP contribution in [0.1, 0.15) is 47.1 Å². The summed E-state index contributed by atoms with van der Waals surface area (Å²) in [6.45, 7) is 19.0. The second-order valence-corrected chi connectivity index (χ2v) is 15.4. The minimum Gasteiger partial charge on any atom is -0.543 e. The molecular formula is C24H42O7Si. The third kappa shape index (κ3) is 5.22. The SMILES string of the molecule is COCCOCCOC1(C(C)(C)C)OOC1(OC)c1cccc(O[Si](C)(C)C(C)(C)C)c1. The quantitative estimate of drug-likeness (QED) is 0.248. The Morgan fingerprint density at radius 3 is 2.06 bits per heavy atom. The third-order valence-electron chi connectivity index (χ3n) is 6.34. The summed E-state index contributed by atoms with van der Waals surface area (Å²) in [6, 6.07) is 7.83. The van der Waals surface area contributed by atoms with Crippen molar-refractivity contribution in [3.63, 3.8) is 0 Å². The summed E-state index contributed by atoms with van der Waals surface area (Å²) in [5, 5.41) is 0.0825. The van der Waals surface area contributed by atoms with E-state index in [9.17, 15) is 0 Å². The van der Waals surface area contributed by atoms with Gasteiger partial charge in [-0.1, -0.05) is 53.7 Å². The van der Waals surface area contributed by atoms with Gasteiger partial charge in [-0.3, -0.25) is 0 Å². The van der Waals surface area contributed by atoms with Crippen molar-refractivity contribution in [3.8, 4) is 5.75 Å². The van der Waals surface area contributed by atoms with Crippen LogP contribution in [0.25, 0.3) is 0 Å². The summed E-state index contributed by atoms with van der Waals surface area (Å²) in [6.07, 6.45) is 0. The first-order valence-corrected chi connectivity index (χ1v) is 14.1. The van der Waals surface area contributed by atoms with E-state index in [2.05, 4.69) is 33.9 Å². The highest BCUT2D eigenvalue weighted by Crippen LogP contribution is 2.58. The number of rotatable bonds is 11. The molecule has 1 saturated heterocycles. The van der Waals surface area contributed by atoms with Gasteiger partial charge < -0.3 is 23.4 Å². The molecule has 2 unspecified atom stereocenters. The lowest BCUT2D eigenvalue weighted by Crippen LogP contribution is -2.72. The molecule has 1 fully saturated rings. The molecule has 184 valence electrons. The molecule has 1 aliphatic heterocycles. The molecule has 32 heavy (non-hydrogen) atoms. The van der Waals surface area contributed by atoms with Crippen LogP contribution in [0.3, 0.4) is 0 Å². The zero-order chi connectivity index (χ0) is 24.3. The summed E-state index contributed by atoms with van der Waals surface area (Å²) < 4.78 is 29.4. The van der Waals surface area contributed by atoms with Gasteiger partial charge in [-0.05, 0) is 30.3 Å². The first-order valence-electron chi connectivity index (χ1n) is 11.2. The molecule has 1 aliphatic rings. The standard InChI is InChI=1S/C24H42O7Si/c1-21(2,3)24(28-17-16-27-15-14-25-7)23(26-8,30-31-24)19-12-11-13-20(18-19)29-32(9,10)22(4,5)6/h11-13,18H,14-17H2,1-10H3. The smallest absolute Gasteiger partial charge is 0.285 e. The molecule has 2 atom stereocenters. The molecule has 0 bridgehead atoms. The normalized spacial score (nSPS) is 24.3. The van der Waals surface area contributed by atoms with Gasteiger partial charge in [0.25, 0.3) is 11.6 Å². The Balaban J connectivity index is 2.32. The van der Waals surface area contributed by atoms with E-state index in [1.165, 1.54) is 0 Å². The number of hydrogen-bond donors (Lipinski definition) is 0. The van der Waals surface area contributed by atoms with Crippen molar-refractivity contribution in [2.75, 3.05) is 40.6 Å². The van der Waals surface area contributed by atoms with Crippen LogP contribution < -0.4 is 4.43 Å². The summed E-state index contributed by atoms with van der Waals surface area (Å²) >= 11 is 0. The predicted octanol–water partition coefficient (Wildman–Crippen LogP) is 5.25. The van der Waals surface area contributed by atoms with Crippen molar-refractivity contribution in [2.24, 2.45) is 5.41 Å². The molecule has 0 aromatic heterocycles. The average Bonchev–Trinajstić information content (AvgIpc) is 2.65. The molecule has 0 amide bonds. The minimum absolute atomic E-state index is 0.0825. The van der Waals surface area contributed by atoms with Gasteiger partial charge in [0.05, 0.1) is 26.4 Å². The second-order valence-electron chi connectivity index (χ2n) is 10.7. The Hall–Kier alpha value is -1.00. The van der Waals surface area contributed by atoms with E-state index in [-0.39, 0.29) is 5.04 Å². The van der Waals surface area contributed by atoms with E-state index in [4.69, 9.17) is 33.1 Å². The van der Waals surface area contributed by atoms with Crippen LogP contribution in [-0.4, -0.2) is 54.8 Å². The van der Waals surface area contributed by atoms with Gasteiger partial charge in [0.1, 0.15) is 5.75 Å². The molecule has 1 aromatic rings. The molecule has 0 aliphatic carbocycles. The van der Waals surface area contributed by atoms with Gasteiger partial charge in [-0.2, -0.15) is 9.78 Å². The van der Waals surface area contributed by atoms with Gasteiger partial charge in [0.2, 0.25) is 8.32 Å². The van der Waals surface area contributed by atoms with E-state index in [0.29, 0.717) is 26.4 Å². The van der Waals surface area contributed by atoms with E-state index >= 15 is 0 Å². The van der Waals surface area contributed by atoms with E-state index in [1.807, 2.05) is 45.0 Å². The maximum absolute atomic E-state index is 6.52. The van der Waals surface area contributed by atoms with Crippen molar-refractivity contribution in [1.29, 1.82) is 0 Å². The average molecular weight is 471 g/mol. The van der Waals surface area contributed by atoms with Crippen LogP contribution in [0.5, 0.6) is 5.75 Å². The second kappa shape index (κ2) is 10.1. The molecule has 1 heterocycles. The van der Waals surface area contributed by atoms with Crippen LogP contribution in [0.4, 0.5) is 0 Å². The molecule has 0 N–H and O–H groups in total. The Morgan fingerprint density at radius 1 is 0.906 bits per heavy atom. The summed E-state index contributed by atoms with van der Waals surface area (Å²) in [4.78, 5) is 11.4. The van der Waals surface area contributed by atoms with Crippen LogP contribution in [0.15, 0.2) is 24.3 Å². The zero-order valence-electron chi connectivity index (χ0n) is 21.5. The molecule has 0 saturated carbocycles. The number of benzene rings is 1. The van der Waals surface area contributed by atoms with E-state index in [1.54, 1.807) is 14.2 Å². The number of ether oxygens (including phenoxy) is 4. The van der Waals surface area contributed by atoms with Gasteiger partial charge in [0, 0.05) is 25.2 Å². The molecule has 2 rings (SSSR count). The number of methoxy groups -OCH3 is 2. The van der Waals surface area contributed by atoms with Gasteiger partial charge in [-0.15, -0.1) is 0 Å². The Morgan fingerprint density at radius 2 is 1.56 bits per heavy atom. The molecule has 0 radical (unpaired) electrons. The van der Waals surface area contributed by atoms with Gasteiger partial charge >= 0.3 is 0 Å². The summed E-state index contributed by atoms with van der Waals surface area (Å²) in [5.41, 5.74) is 0.307. The first-order chi connectivity index (χ1) is 14.8. The highest BCUT2D eigenvalue weighted by atomic mass is 28.4. The fourth-order valence-electron chi connectivity index (χ4n) is 3.37. The fourth-order valence-corrected chi connectivity index (χ4v) is 4.39. The third-order valence-corrected chi connectivity index (χ3v) is 10.7. The van der Waals surface area contributed by atoms with Crippen LogP contribution in [0.2, 0.25) is 18.1 Å². The van der Waals surface area contributed by atoms with Crippen molar-refractivity contribution >= 4 is 8.32 Å². The van der Waals surface area contributed by atoms with Crippen LogP contribution in [0, 0.1) is 5.41 Å². The van der Waals surface area contributed by atoms with Crippen LogP contribution in [-0.2, 0) is 34.5 Å². The van der Waals surface area contributed by atoms with Crippen LogP contribution >= 0.6 is 0 Å². The van der Waals surface area contributed by atoms with Gasteiger partial charge in [-0.25, -0.2) is 0 Å². The molecule has 8 heteroatoms. The summed E-state index contributed by atoms with van der Waals surface area (Å²) in [5.74, 6) is -1.63. The zero-order valence-corrected chi connectivity index (χ0v) is 22.5. The van der Waals surface area contributed by atoms with Crippen molar-refractivity contribution in [3.05, 3.63) is 29.8 Å². The van der Waals surface area contributed by atoms with Crippen molar-refractivity contribution in [1.82, 2.24) is 0 Å². The largest absolute Gasteiger partial charge is 0.543 e. The molecule has 7 nitrogen and oxygen atoms in total. The van der Waals surface area contributed by atoms with Gasteiger partial charge in [0.15, 0.2) is 0 Å². The molecular weight excluding hydrogens is 428 g/mol. The lowest BCUT2D eigenvalue weighted by Gasteiger charge is -2.59.